The lowest BCUT2D eigenvalue weighted by Crippen LogP contribution is -2.47. The van der Waals surface area contributed by atoms with Crippen molar-refractivity contribution in [3.63, 3.8) is 0 Å². The molecule has 0 saturated heterocycles. The minimum atomic E-state index is -1.00. The largest absolute Gasteiger partial charge is 0.391 e. The molecule has 0 radical (unpaired) electrons. The van der Waals surface area contributed by atoms with Gasteiger partial charge in [-0.25, -0.2) is 8.78 Å². The maximum absolute atomic E-state index is 13.5. The van der Waals surface area contributed by atoms with E-state index in [0.717, 1.165) is 12.5 Å². The highest BCUT2D eigenvalue weighted by Gasteiger charge is 2.25. The van der Waals surface area contributed by atoms with Gasteiger partial charge in [-0.1, -0.05) is 37.3 Å². The summed E-state index contributed by atoms with van der Waals surface area (Å²) in [5.74, 6) is -1.89. The number of aliphatic hydroxyl groups is 1. The van der Waals surface area contributed by atoms with Crippen molar-refractivity contribution >= 4 is 11.8 Å². The third kappa shape index (κ3) is 9.14. The highest BCUT2D eigenvalue weighted by atomic mass is 19.1. The SMILES string of the molecule is CCC(CC(O)C(Cc1cc(F)cc(F)c1)NC(C)=O)NC(=O)CCCc1ccccc1. The summed E-state index contributed by atoms with van der Waals surface area (Å²) >= 11 is 0. The first-order chi connectivity index (χ1) is 15.3. The van der Waals surface area contributed by atoms with Gasteiger partial charge in [0, 0.05) is 25.5 Å². The van der Waals surface area contributed by atoms with E-state index in [-0.39, 0.29) is 30.7 Å². The zero-order chi connectivity index (χ0) is 23.5. The monoisotopic (exact) mass is 446 g/mol. The average Bonchev–Trinajstić information content (AvgIpc) is 2.72. The molecule has 5 nitrogen and oxygen atoms in total. The molecule has 0 bridgehead atoms. The second-order valence-electron chi connectivity index (χ2n) is 8.10. The number of nitrogens with one attached hydrogen (secondary N) is 2. The molecule has 0 saturated carbocycles. The van der Waals surface area contributed by atoms with Crippen molar-refractivity contribution in [3.05, 3.63) is 71.3 Å². The van der Waals surface area contributed by atoms with Crippen LogP contribution in [0, 0.1) is 11.6 Å². The lowest BCUT2D eigenvalue weighted by Gasteiger charge is -2.27. The molecule has 0 aromatic heterocycles. The fraction of sp³-hybridized carbons (Fsp3) is 0.440. The lowest BCUT2D eigenvalue weighted by molar-refractivity contribution is -0.123. The van der Waals surface area contributed by atoms with Gasteiger partial charge < -0.3 is 15.7 Å². The lowest BCUT2D eigenvalue weighted by atomic mass is 9.95. The second kappa shape index (κ2) is 12.9. The molecule has 2 aromatic rings. The molecule has 0 spiro atoms. The van der Waals surface area contributed by atoms with E-state index in [1.807, 2.05) is 37.3 Å². The van der Waals surface area contributed by atoms with Gasteiger partial charge in [-0.3, -0.25) is 9.59 Å². The molecular formula is C25H32F2N2O3. The molecule has 0 aliphatic rings. The van der Waals surface area contributed by atoms with Crippen molar-refractivity contribution in [2.45, 2.75) is 70.6 Å². The van der Waals surface area contributed by atoms with Crippen LogP contribution in [0.5, 0.6) is 0 Å². The molecule has 3 N–H and O–H groups in total. The zero-order valence-corrected chi connectivity index (χ0v) is 18.6. The summed E-state index contributed by atoms with van der Waals surface area (Å²) in [7, 11) is 0. The molecular weight excluding hydrogens is 414 g/mol. The summed E-state index contributed by atoms with van der Waals surface area (Å²) in [6.45, 7) is 3.22. The molecule has 0 aliphatic heterocycles. The zero-order valence-electron chi connectivity index (χ0n) is 18.6. The molecule has 2 amide bonds. The number of hydrogen-bond donors (Lipinski definition) is 3. The van der Waals surface area contributed by atoms with Gasteiger partial charge in [0.15, 0.2) is 0 Å². The Balaban J connectivity index is 1.91. The average molecular weight is 447 g/mol. The fourth-order valence-electron chi connectivity index (χ4n) is 3.71. The van der Waals surface area contributed by atoms with Crippen molar-refractivity contribution in [1.82, 2.24) is 10.6 Å². The van der Waals surface area contributed by atoms with Crippen LogP contribution in [0.15, 0.2) is 48.5 Å². The van der Waals surface area contributed by atoms with E-state index >= 15 is 0 Å². The predicted octanol–water partition coefficient (Wildman–Crippen LogP) is 3.68. The maximum atomic E-state index is 13.5. The Hall–Kier alpha value is -2.80. The number of aryl methyl sites for hydroxylation is 1. The number of benzene rings is 2. The Labute approximate surface area is 188 Å². The number of rotatable bonds is 12. The number of halogens is 2. The molecule has 3 atom stereocenters. The molecule has 174 valence electrons. The Kier molecular flexibility index (Phi) is 10.3. The third-order valence-corrected chi connectivity index (χ3v) is 5.33. The van der Waals surface area contributed by atoms with Crippen LogP contribution in [0.3, 0.4) is 0 Å². The smallest absolute Gasteiger partial charge is 0.220 e. The van der Waals surface area contributed by atoms with E-state index in [0.29, 0.717) is 24.8 Å². The normalized spacial score (nSPS) is 13.8. The number of hydrogen-bond acceptors (Lipinski definition) is 3. The first kappa shape index (κ1) is 25.5. The molecule has 3 unspecified atom stereocenters. The highest BCUT2D eigenvalue weighted by Crippen LogP contribution is 2.15. The van der Waals surface area contributed by atoms with Crippen molar-refractivity contribution in [2.75, 3.05) is 0 Å². The fourth-order valence-corrected chi connectivity index (χ4v) is 3.71. The first-order valence-corrected chi connectivity index (χ1v) is 11.0. The maximum Gasteiger partial charge on any atom is 0.220 e. The van der Waals surface area contributed by atoms with E-state index in [2.05, 4.69) is 10.6 Å². The molecule has 2 rings (SSSR count). The Morgan fingerprint density at radius 1 is 1.00 bits per heavy atom. The third-order valence-electron chi connectivity index (χ3n) is 5.33. The summed E-state index contributed by atoms with van der Waals surface area (Å²) in [4.78, 5) is 24.0. The van der Waals surface area contributed by atoms with Crippen LogP contribution in [0.4, 0.5) is 8.78 Å². The minimum absolute atomic E-state index is 0.0664. The molecule has 0 aliphatic carbocycles. The standard InChI is InChI=1S/C25H32F2N2O3/c1-3-22(29-25(32)11-7-10-18-8-5-4-6-9-18)16-24(31)23(28-17(2)30)14-19-12-20(26)15-21(27)13-19/h4-6,8-9,12-13,15,22-24,31H,3,7,10-11,14,16H2,1-2H3,(H,28,30)(H,29,32). The summed E-state index contributed by atoms with van der Waals surface area (Å²) < 4.78 is 27.0. The van der Waals surface area contributed by atoms with Gasteiger partial charge in [0.2, 0.25) is 11.8 Å². The topological polar surface area (TPSA) is 78.4 Å². The second-order valence-corrected chi connectivity index (χ2v) is 8.10. The predicted molar refractivity (Wildman–Crippen MR) is 120 cm³/mol. The molecule has 0 fully saturated rings. The Morgan fingerprint density at radius 3 is 2.25 bits per heavy atom. The van der Waals surface area contributed by atoms with E-state index in [9.17, 15) is 23.5 Å². The number of amides is 2. The van der Waals surface area contributed by atoms with Gasteiger partial charge in [-0.05, 0) is 55.4 Å². The summed E-state index contributed by atoms with van der Waals surface area (Å²) in [6.07, 6.45) is 1.78. The molecule has 7 heteroatoms. The number of aliphatic hydroxyl groups excluding tert-OH is 1. The van der Waals surface area contributed by atoms with Crippen molar-refractivity contribution in [1.29, 1.82) is 0 Å². The van der Waals surface area contributed by atoms with Crippen LogP contribution in [-0.4, -0.2) is 35.1 Å². The van der Waals surface area contributed by atoms with E-state index < -0.39 is 23.8 Å². The van der Waals surface area contributed by atoms with Gasteiger partial charge in [-0.15, -0.1) is 0 Å². The van der Waals surface area contributed by atoms with Crippen LogP contribution in [0.25, 0.3) is 0 Å². The van der Waals surface area contributed by atoms with Crippen molar-refractivity contribution in [2.24, 2.45) is 0 Å². The van der Waals surface area contributed by atoms with Gasteiger partial charge in [0.1, 0.15) is 11.6 Å². The quantitative estimate of drug-likeness (QED) is 0.465. The van der Waals surface area contributed by atoms with Crippen LogP contribution >= 0.6 is 0 Å². The van der Waals surface area contributed by atoms with Crippen molar-refractivity contribution < 1.29 is 23.5 Å². The molecule has 2 aromatic carbocycles. The van der Waals surface area contributed by atoms with Crippen LogP contribution in [0.2, 0.25) is 0 Å². The Morgan fingerprint density at radius 2 is 1.66 bits per heavy atom. The van der Waals surface area contributed by atoms with E-state index in [4.69, 9.17) is 0 Å². The van der Waals surface area contributed by atoms with Gasteiger partial charge in [-0.2, -0.15) is 0 Å². The van der Waals surface area contributed by atoms with Crippen LogP contribution < -0.4 is 10.6 Å². The van der Waals surface area contributed by atoms with Gasteiger partial charge in [0.25, 0.3) is 0 Å². The highest BCUT2D eigenvalue weighted by molar-refractivity contribution is 5.76. The van der Waals surface area contributed by atoms with Crippen LogP contribution in [0.1, 0.15) is 50.7 Å². The minimum Gasteiger partial charge on any atom is -0.391 e. The summed E-state index contributed by atoms with van der Waals surface area (Å²) in [5.41, 5.74) is 1.51. The van der Waals surface area contributed by atoms with E-state index in [1.54, 1.807) is 0 Å². The van der Waals surface area contributed by atoms with Crippen molar-refractivity contribution in [3.8, 4) is 0 Å². The van der Waals surface area contributed by atoms with Gasteiger partial charge in [0.05, 0.1) is 12.1 Å². The number of carbonyl (C=O) groups excluding carboxylic acids is 2. The van der Waals surface area contributed by atoms with Gasteiger partial charge >= 0.3 is 0 Å². The molecule has 0 heterocycles. The van der Waals surface area contributed by atoms with E-state index in [1.165, 1.54) is 24.6 Å². The first-order valence-electron chi connectivity index (χ1n) is 11.0. The number of carbonyl (C=O) groups is 2. The molecule has 32 heavy (non-hydrogen) atoms. The van der Waals surface area contributed by atoms with Crippen LogP contribution in [-0.2, 0) is 22.4 Å². The summed E-state index contributed by atoms with van der Waals surface area (Å²) in [5, 5.41) is 16.3. The summed E-state index contributed by atoms with van der Waals surface area (Å²) in [6, 6.07) is 12.0. The Bertz CT molecular complexity index is 856.